The first-order chi connectivity index (χ1) is 7.24. The van der Waals surface area contributed by atoms with E-state index in [1.54, 1.807) is 11.3 Å². The molecular weight excluding hydrogens is 296 g/mol. The summed E-state index contributed by atoms with van der Waals surface area (Å²) < 4.78 is 6.76. The van der Waals surface area contributed by atoms with Gasteiger partial charge in [-0.2, -0.15) is 0 Å². The third kappa shape index (κ3) is 2.96. The van der Waals surface area contributed by atoms with E-state index < -0.39 is 0 Å². The zero-order valence-electron chi connectivity index (χ0n) is 8.47. The number of halogens is 2. The number of thiophene rings is 1. The summed E-state index contributed by atoms with van der Waals surface area (Å²) in [5, 5.41) is 0. The van der Waals surface area contributed by atoms with Gasteiger partial charge >= 0.3 is 0 Å². The van der Waals surface area contributed by atoms with Gasteiger partial charge in [0.15, 0.2) is 0 Å². The summed E-state index contributed by atoms with van der Waals surface area (Å²) >= 11 is 11.4. The van der Waals surface area contributed by atoms with Gasteiger partial charge in [-0.3, -0.25) is 0 Å². The van der Waals surface area contributed by atoms with E-state index in [0.29, 0.717) is 5.88 Å². The Labute approximate surface area is 108 Å². The van der Waals surface area contributed by atoms with E-state index in [-0.39, 0.29) is 5.41 Å². The van der Waals surface area contributed by atoms with Crippen LogP contribution in [-0.2, 0) is 11.2 Å². The number of hydrogen-bond donors (Lipinski definition) is 0. The second-order valence-corrected chi connectivity index (χ2v) is 6.99. The van der Waals surface area contributed by atoms with Crippen molar-refractivity contribution in [1.82, 2.24) is 0 Å². The molecule has 1 nitrogen and oxygen atoms in total. The summed E-state index contributed by atoms with van der Waals surface area (Å²) in [5.41, 5.74) is 0.171. The van der Waals surface area contributed by atoms with Gasteiger partial charge in [0.1, 0.15) is 0 Å². The summed E-state index contributed by atoms with van der Waals surface area (Å²) in [6.07, 6.45) is 3.37. The van der Waals surface area contributed by atoms with E-state index >= 15 is 0 Å². The van der Waals surface area contributed by atoms with E-state index in [4.69, 9.17) is 16.3 Å². The van der Waals surface area contributed by atoms with Crippen molar-refractivity contribution in [3.05, 3.63) is 20.8 Å². The van der Waals surface area contributed by atoms with Crippen LogP contribution in [0.4, 0.5) is 0 Å². The molecule has 0 spiro atoms. The highest BCUT2D eigenvalue weighted by Gasteiger charge is 2.32. The van der Waals surface area contributed by atoms with Crippen molar-refractivity contribution in [3.63, 3.8) is 0 Å². The van der Waals surface area contributed by atoms with Gasteiger partial charge in [-0.25, -0.2) is 0 Å². The molecule has 15 heavy (non-hydrogen) atoms. The molecule has 0 aliphatic carbocycles. The molecule has 0 bridgehead atoms. The molecule has 1 aliphatic heterocycles. The van der Waals surface area contributed by atoms with Crippen molar-refractivity contribution in [1.29, 1.82) is 0 Å². The molecule has 84 valence electrons. The molecule has 0 saturated carbocycles. The SMILES string of the molecule is ClCC1(Cc2ccc(Br)s2)CCCOC1. The normalized spacial score (nSPS) is 26.8. The van der Waals surface area contributed by atoms with E-state index in [2.05, 4.69) is 28.1 Å². The molecule has 4 heteroatoms. The van der Waals surface area contributed by atoms with E-state index in [1.165, 1.54) is 15.1 Å². The van der Waals surface area contributed by atoms with Crippen LogP contribution >= 0.6 is 38.9 Å². The van der Waals surface area contributed by atoms with Crippen LogP contribution in [-0.4, -0.2) is 19.1 Å². The largest absolute Gasteiger partial charge is 0.381 e. The second kappa shape index (κ2) is 5.17. The van der Waals surface area contributed by atoms with Crippen molar-refractivity contribution in [2.45, 2.75) is 19.3 Å². The first kappa shape index (κ1) is 11.9. The van der Waals surface area contributed by atoms with Gasteiger partial charge in [0.05, 0.1) is 10.4 Å². The van der Waals surface area contributed by atoms with E-state index in [9.17, 15) is 0 Å². The zero-order valence-corrected chi connectivity index (χ0v) is 11.6. The lowest BCUT2D eigenvalue weighted by atomic mass is 9.81. The van der Waals surface area contributed by atoms with Crippen LogP contribution in [0.25, 0.3) is 0 Å². The molecule has 0 radical (unpaired) electrons. The van der Waals surface area contributed by atoms with Gasteiger partial charge in [0.25, 0.3) is 0 Å². The quantitative estimate of drug-likeness (QED) is 0.764. The summed E-state index contributed by atoms with van der Waals surface area (Å²) in [6.45, 7) is 1.71. The van der Waals surface area contributed by atoms with E-state index in [1.807, 2.05) is 0 Å². The molecular formula is C11H14BrClOS. The number of hydrogen-bond acceptors (Lipinski definition) is 2. The fourth-order valence-electron chi connectivity index (χ4n) is 2.02. The third-order valence-electron chi connectivity index (χ3n) is 2.87. The maximum atomic E-state index is 6.11. The molecule has 0 N–H and O–H groups in total. The average Bonchev–Trinajstić information content (AvgIpc) is 2.65. The Morgan fingerprint density at radius 3 is 2.93 bits per heavy atom. The predicted octanol–water partition coefficient (Wildman–Crippen LogP) is 4.09. The average molecular weight is 310 g/mol. The number of ether oxygens (including phenoxy) is 1. The fourth-order valence-corrected chi connectivity index (χ4v) is 3.98. The van der Waals surface area contributed by atoms with Crippen LogP contribution in [0, 0.1) is 5.41 Å². The summed E-state index contributed by atoms with van der Waals surface area (Å²) in [4.78, 5) is 1.40. The molecule has 1 aromatic rings. The molecule has 1 unspecified atom stereocenters. The van der Waals surface area contributed by atoms with Gasteiger partial charge in [-0.05, 0) is 47.3 Å². The number of rotatable bonds is 3. The predicted molar refractivity (Wildman–Crippen MR) is 68.9 cm³/mol. The Bertz CT molecular complexity index is 320. The van der Waals surface area contributed by atoms with Gasteiger partial charge in [0.2, 0.25) is 0 Å². The van der Waals surface area contributed by atoms with Crippen LogP contribution in [0.3, 0.4) is 0 Å². The maximum Gasteiger partial charge on any atom is 0.0701 e. The first-order valence-corrected chi connectivity index (χ1v) is 7.26. The lowest BCUT2D eigenvalue weighted by molar-refractivity contribution is 0.00517. The molecule has 2 rings (SSSR count). The van der Waals surface area contributed by atoms with Gasteiger partial charge in [0, 0.05) is 22.8 Å². The minimum atomic E-state index is 0.171. The fraction of sp³-hybridized carbons (Fsp3) is 0.636. The highest BCUT2D eigenvalue weighted by Crippen LogP contribution is 2.36. The van der Waals surface area contributed by atoms with Crippen molar-refractivity contribution >= 4 is 38.9 Å². The molecule has 0 amide bonds. The minimum Gasteiger partial charge on any atom is -0.381 e. The first-order valence-electron chi connectivity index (χ1n) is 5.12. The van der Waals surface area contributed by atoms with Gasteiger partial charge < -0.3 is 4.74 Å². The smallest absolute Gasteiger partial charge is 0.0701 e. The Hall–Kier alpha value is 0.430. The van der Waals surface area contributed by atoms with Crippen molar-refractivity contribution in [3.8, 4) is 0 Å². The zero-order chi connectivity index (χ0) is 10.7. The molecule has 1 aromatic heterocycles. The summed E-state index contributed by atoms with van der Waals surface area (Å²) in [5.74, 6) is 0.697. The van der Waals surface area contributed by atoms with E-state index in [0.717, 1.165) is 26.1 Å². The highest BCUT2D eigenvalue weighted by molar-refractivity contribution is 9.11. The Kier molecular flexibility index (Phi) is 4.10. The minimum absolute atomic E-state index is 0.171. The Morgan fingerprint density at radius 2 is 2.40 bits per heavy atom. The van der Waals surface area contributed by atoms with Gasteiger partial charge in [-0.1, -0.05) is 0 Å². The lowest BCUT2D eigenvalue weighted by Gasteiger charge is -2.35. The molecule has 0 aromatic carbocycles. The van der Waals surface area contributed by atoms with Crippen LogP contribution in [0.2, 0.25) is 0 Å². The van der Waals surface area contributed by atoms with Crippen molar-refractivity contribution < 1.29 is 4.74 Å². The van der Waals surface area contributed by atoms with Crippen LogP contribution in [0.15, 0.2) is 15.9 Å². The van der Waals surface area contributed by atoms with Crippen LogP contribution in [0.5, 0.6) is 0 Å². The Morgan fingerprint density at radius 1 is 1.53 bits per heavy atom. The molecule has 1 atom stereocenters. The van der Waals surface area contributed by atoms with Crippen LogP contribution in [0.1, 0.15) is 17.7 Å². The highest BCUT2D eigenvalue weighted by atomic mass is 79.9. The standard InChI is InChI=1S/C11H14BrClOS/c12-10-3-2-9(15-10)6-11(7-13)4-1-5-14-8-11/h2-3H,1,4-8H2. The van der Waals surface area contributed by atoms with Gasteiger partial charge in [-0.15, -0.1) is 22.9 Å². The monoisotopic (exact) mass is 308 g/mol. The topological polar surface area (TPSA) is 9.23 Å². The summed E-state index contributed by atoms with van der Waals surface area (Å²) in [7, 11) is 0. The molecule has 1 aliphatic rings. The van der Waals surface area contributed by atoms with Crippen LogP contribution < -0.4 is 0 Å². The Balaban J connectivity index is 2.06. The van der Waals surface area contributed by atoms with Crippen molar-refractivity contribution in [2.24, 2.45) is 5.41 Å². The van der Waals surface area contributed by atoms with Crippen molar-refractivity contribution in [2.75, 3.05) is 19.1 Å². The summed E-state index contributed by atoms with van der Waals surface area (Å²) in [6, 6.07) is 4.28. The lowest BCUT2D eigenvalue weighted by Crippen LogP contribution is -2.35. The third-order valence-corrected chi connectivity index (χ3v) is 5.06. The molecule has 1 saturated heterocycles. The molecule has 2 heterocycles. The number of alkyl halides is 1. The second-order valence-electron chi connectivity index (χ2n) is 4.17. The molecule has 1 fully saturated rings. The maximum absolute atomic E-state index is 6.11.